The molecule has 0 spiro atoms. The Morgan fingerprint density at radius 3 is 2.12 bits per heavy atom. The van der Waals surface area contributed by atoms with Crippen LogP contribution >= 0.6 is 0 Å². The molecule has 1 atom stereocenters. The Balaban J connectivity index is 3.75. The first-order valence-electron chi connectivity index (χ1n) is 5.87. The summed E-state index contributed by atoms with van der Waals surface area (Å²) >= 11 is 0. The van der Waals surface area contributed by atoms with Gasteiger partial charge in [-0.25, -0.2) is 0 Å². The fourth-order valence-corrected chi connectivity index (χ4v) is 1.68. The maximum Gasteiger partial charge on any atom is 0.235 e. The van der Waals surface area contributed by atoms with E-state index in [1.165, 1.54) is 0 Å². The molecule has 0 radical (unpaired) electrons. The number of nitrogens with two attached hydrogens (primary N) is 2. The number of amides is 1. The van der Waals surface area contributed by atoms with Crippen LogP contribution < -0.4 is 16.8 Å². The summed E-state index contributed by atoms with van der Waals surface area (Å²) in [7, 11) is 0. The molecule has 5 heteroatoms. The number of hydrogen-bond donors (Lipinski definition) is 3. The molecule has 0 aromatic carbocycles. The Kier molecular flexibility index (Phi) is 7.29. The van der Waals surface area contributed by atoms with E-state index in [0.717, 1.165) is 13.1 Å². The van der Waals surface area contributed by atoms with Crippen molar-refractivity contribution in [3.05, 3.63) is 0 Å². The summed E-state index contributed by atoms with van der Waals surface area (Å²) in [6.45, 7) is 10.9. The van der Waals surface area contributed by atoms with E-state index in [1.807, 2.05) is 0 Å². The SMILES string of the molecule is CC(C)N(CCNCC(N)C(N)=O)C(C)C. The van der Waals surface area contributed by atoms with Crippen LogP contribution in [0.2, 0.25) is 0 Å². The highest BCUT2D eigenvalue weighted by Crippen LogP contribution is 2.02. The zero-order valence-corrected chi connectivity index (χ0v) is 10.9. The lowest BCUT2D eigenvalue weighted by molar-refractivity contribution is -0.119. The Morgan fingerprint density at radius 2 is 1.75 bits per heavy atom. The second-order valence-corrected chi connectivity index (χ2v) is 4.64. The summed E-state index contributed by atoms with van der Waals surface area (Å²) in [5, 5.41) is 3.14. The third kappa shape index (κ3) is 6.05. The average molecular weight is 230 g/mol. The second-order valence-electron chi connectivity index (χ2n) is 4.64. The summed E-state index contributed by atoms with van der Waals surface area (Å²) in [5.41, 5.74) is 10.6. The Hall–Kier alpha value is -0.650. The lowest BCUT2D eigenvalue weighted by Gasteiger charge is -2.30. The van der Waals surface area contributed by atoms with Crippen LogP contribution in [0, 0.1) is 0 Å². The smallest absolute Gasteiger partial charge is 0.235 e. The molecule has 1 unspecified atom stereocenters. The van der Waals surface area contributed by atoms with E-state index >= 15 is 0 Å². The maximum atomic E-state index is 10.7. The largest absolute Gasteiger partial charge is 0.368 e. The molecule has 0 saturated carbocycles. The van der Waals surface area contributed by atoms with Crippen molar-refractivity contribution in [3.63, 3.8) is 0 Å². The predicted molar refractivity (Wildman–Crippen MR) is 67.0 cm³/mol. The van der Waals surface area contributed by atoms with Gasteiger partial charge in [0.2, 0.25) is 5.91 Å². The van der Waals surface area contributed by atoms with E-state index in [4.69, 9.17) is 11.5 Å². The van der Waals surface area contributed by atoms with E-state index in [2.05, 4.69) is 37.9 Å². The molecule has 5 nitrogen and oxygen atoms in total. The maximum absolute atomic E-state index is 10.7. The van der Waals surface area contributed by atoms with Gasteiger partial charge in [0.25, 0.3) is 0 Å². The van der Waals surface area contributed by atoms with Crippen LogP contribution in [-0.2, 0) is 4.79 Å². The molecule has 0 fully saturated rings. The Bertz CT molecular complexity index is 198. The molecule has 0 rings (SSSR count). The van der Waals surface area contributed by atoms with Gasteiger partial charge in [0.1, 0.15) is 0 Å². The fourth-order valence-electron chi connectivity index (χ4n) is 1.68. The van der Waals surface area contributed by atoms with Crippen molar-refractivity contribution in [2.45, 2.75) is 45.8 Å². The van der Waals surface area contributed by atoms with Crippen molar-refractivity contribution >= 4 is 5.91 Å². The quantitative estimate of drug-likeness (QED) is 0.491. The number of carbonyl (C=O) groups is 1. The van der Waals surface area contributed by atoms with Crippen molar-refractivity contribution < 1.29 is 4.79 Å². The average Bonchev–Trinajstić information content (AvgIpc) is 2.15. The molecule has 0 aromatic heterocycles. The number of rotatable bonds is 8. The lowest BCUT2D eigenvalue weighted by Crippen LogP contribution is -2.47. The van der Waals surface area contributed by atoms with Crippen molar-refractivity contribution in [2.75, 3.05) is 19.6 Å². The number of nitrogens with one attached hydrogen (secondary N) is 1. The van der Waals surface area contributed by atoms with Crippen LogP contribution in [0.15, 0.2) is 0 Å². The molecule has 0 aliphatic rings. The second kappa shape index (κ2) is 7.60. The van der Waals surface area contributed by atoms with Gasteiger partial charge in [-0.15, -0.1) is 0 Å². The first-order valence-corrected chi connectivity index (χ1v) is 5.87. The summed E-state index contributed by atoms with van der Waals surface area (Å²) in [4.78, 5) is 13.1. The number of nitrogens with zero attached hydrogens (tertiary/aromatic N) is 1. The van der Waals surface area contributed by atoms with E-state index in [9.17, 15) is 4.79 Å². The van der Waals surface area contributed by atoms with Gasteiger partial charge in [-0.2, -0.15) is 0 Å². The molecule has 0 aromatic rings. The van der Waals surface area contributed by atoms with Gasteiger partial charge in [-0.1, -0.05) is 0 Å². The molecule has 16 heavy (non-hydrogen) atoms. The standard InChI is InChI=1S/C11H26N4O/c1-8(2)15(9(3)4)6-5-14-7-10(12)11(13)16/h8-10,14H,5-7,12H2,1-4H3,(H2,13,16). The third-order valence-corrected chi connectivity index (χ3v) is 2.60. The molecule has 0 heterocycles. The molecule has 0 bridgehead atoms. The minimum atomic E-state index is -0.591. The molecule has 1 amide bonds. The highest BCUT2D eigenvalue weighted by molar-refractivity contribution is 5.79. The Labute approximate surface area is 98.5 Å². The highest BCUT2D eigenvalue weighted by atomic mass is 16.1. The van der Waals surface area contributed by atoms with Gasteiger partial charge in [-0.05, 0) is 27.7 Å². The number of primary amides is 1. The van der Waals surface area contributed by atoms with Gasteiger partial charge in [0.05, 0.1) is 6.04 Å². The van der Waals surface area contributed by atoms with Crippen LogP contribution in [0.25, 0.3) is 0 Å². The van der Waals surface area contributed by atoms with Gasteiger partial charge in [0.15, 0.2) is 0 Å². The van der Waals surface area contributed by atoms with Crippen LogP contribution in [0.5, 0.6) is 0 Å². The van der Waals surface area contributed by atoms with Crippen LogP contribution in [0.3, 0.4) is 0 Å². The monoisotopic (exact) mass is 230 g/mol. The van der Waals surface area contributed by atoms with Crippen molar-refractivity contribution in [2.24, 2.45) is 11.5 Å². The zero-order valence-electron chi connectivity index (χ0n) is 10.9. The van der Waals surface area contributed by atoms with Gasteiger partial charge in [-0.3, -0.25) is 9.69 Å². The summed E-state index contributed by atoms with van der Waals surface area (Å²) in [5.74, 6) is -0.461. The van der Waals surface area contributed by atoms with E-state index in [1.54, 1.807) is 0 Å². The molecule has 0 aliphatic carbocycles. The van der Waals surface area contributed by atoms with Crippen LogP contribution in [0.4, 0.5) is 0 Å². The first kappa shape index (κ1) is 15.3. The minimum Gasteiger partial charge on any atom is -0.368 e. The molecular formula is C11H26N4O. The summed E-state index contributed by atoms with van der Waals surface area (Å²) in [6, 6.07) is 0.449. The van der Waals surface area contributed by atoms with E-state index < -0.39 is 11.9 Å². The summed E-state index contributed by atoms with van der Waals surface area (Å²) in [6.07, 6.45) is 0. The first-order chi connectivity index (χ1) is 7.36. The molecule has 0 aliphatic heterocycles. The van der Waals surface area contributed by atoms with Crippen LogP contribution in [0.1, 0.15) is 27.7 Å². The predicted octanol–water partition coefficient (Wildman–Crippen LogP) is -0.493. The summed E-state index contributed by atoms with van der Waals surface area (Å²) < 4.78 is 0. The van der Waals surface area contributed by atoms with Crippen molar-refractivity contribution in [1.29, 1.82) is 0 Å². The van der Waals surface area contributed by atoms with Crippen molar-refractivity contribution in [3.8, 4) is 0 Å². The van der Waals surface area contributed by atoms with E-state index in [0.29, 0.717) is 18.6 Å². The van der Waals surface area contributed by atoms with Gasteiger partial charge < -0.3 is 16.8 Å². The fraction of sp³-hybridized carbons (Fsp3) is 0.909. The third-order valence-electron chi connectivity index (χ3n) is 2.60. The molecule has 0 saturated heterocycles. The zero-order chi connectivity index (χ0) is 12.7. The molecule has 96 valence electrons. The number of hydrogen-bond acceptors (Lipinski definition) is 4. The van der Waals surface area contributed by atoms with Gasteiger partial charge >= 0.3 is 0 Å². The lowest BCUT2D eigenvalue weighted by atomic mass is 10.2. The van der Waals surface area contributed by atoms with Crippen molar-refractivity contribution in [1.82, 2.24) is 10.2 Å². The molecule has 5 N–H and O–H groups in total. The normalized spacial score (nSPS) is 13.8. The molecular weight excluding hydrogens is 204 g/mol. The minimum absolute atomic E-state index is 0.444. The highest BCUT2D eigenvalue weighted by Gasteiger charge is 2.13. The van der Waals surface area contributed by atoms with Gasteiger partial charge in [0, 0.05) is 31.7 Å². The Morgan fingerprint density at radius 1 is 1.25 bits per heavy atom. The topological polar surface area (TPSA) is 84.4 Å². The number of carbonyl (C=O) groups excluding carboxylic acids is 1. The van der Waals surface area contributed by atoms with Crippen LogP contribution in [-0.4, -0.2) is 48.6 Å². The van der Waals surface area contributed by atoms with E-state index in [-0.39, 0.29) is 0 Å².